The largest absolute Gasteiger partial charge is 0.490 e. The minimum atomic E-state index is -1.25. The molecule has 0 radical (unpaired) electrons. The number of nitrogens with two attached hydrogens (primary N) is 2. The summed E-state index contributed by atoms with van der Waals surface area (Å²) in [6, 6.07) is 0.866. The molecule has 4 rings (SSSR count). The molecule has 2 atom stereocenters. The summed E-state index contributed by atoms with van der Waals surface area (Å²) in [4.78, 5) is 40.0. The number of anilines is 1. The van der Waals surface area contributed by atoms with Gasteiger partial charge in [-0.3, -0.25) is 9.59 Å². The van der Waals surface area contributed by atoms with Crippen molar-refractivity contribution in [2.24, 2.45) is 28.3 Å². The zero-order valence-electron chi connectivity index (χ0n) is 21.8. The Kier molecular flexibility index (Phi) is 8.68. The van der Waals surface area contributed by atoms with E-state index in [-0.39, 0.29) is 29.8 Å². The third-order valence-electron chi connectivity index (χ3n) is 7.09. The molecule has 3 heterocycles. The summed E-state index contributed by atoms with van der Waals surface area (Å²) in [5.41, 5.74) is 11.9. The summed E-state index contributed by atoms with van der Waals surface area (Å²) in [5, 5.41) is 0. The minimum Gasteiger partial charge on any atom is -0.490 e. The van der Waals surface area contributed by atoms with E-state index in [0.717, 1.165) is 6.07 Å². The molecule has 2 saturated heterocycles. The highest BCUT2D eigenvalue weighted by atomic mass is 19.2. The smallest absolute Gasteiger partial charge is 0.336 e. The fraction of sp³-hybridized carbons (Fsp3) is 0.500. The second kappa shape index (κ2) is 12.0. The van der Waals surface area contributed by atoms with Gasteiger partial charge in [-0.25, -0.2) is 23.1 Å². The second-order valence-corrected chi connectivity index (χ2v) is 10.2. The second-order valence-electron chi connectivity index (χ2n) is 10.2. The lowest BCUT2D eigenvalue weighted by Gasteiger charge is -2.31. The van der Waals surface area contributed by atoms with Crippen LogP contribution in [0.5, 0.6) is 5.75 Å². The van der Waals surface area contributed by atoms with Crippen LogP contribution in [-0.4, -0.2) is 71.3 Å². The number of hydrogen-bond acceptors (Lipinski definition) is 7. The van der Waals surface area contributed by atoms with Crippen molar-refractivity contribution < 1.29 is 27.5 Å². The Labute approximate surface area is 224 Å². The quantitative estimate of drug-likeness (QED) is 0.242. The zero-order valence-corrected chi connectivity index (χ0v) is 21.8. The topological polar surface area (TPSA) is 140 Å². The van der Waals surface area contributed by atoms with Gasteiger partial charge in [0.05, 0.1) is 19.0 Å². The van der Waals surface area contributed by atoms with Gasteiger partial charge in [-0.1, -0.05) is 13.8 Å². The normalized spacial score (nSPS) is 20.5. The van der Waals surface area contributed by atoms with E-state index in [2.05, 4.69) is 15.0 Å². The number of ether oxygens (including phenoxy) is 1. The fourth-order valence-electron chi connectivity index (χ4n) is 4.64. The van der Waals surface area contributed by atoms with Crippen LogP contribution in [0.4, 0.5) is 19.1 Å². The van der Waals surface area contributed by atoms with Crippen molar-refractivity contribution in [2.75, 3.05) is 37.7 Å². The summed E-state index contributed by atoms with van der Waals surface area (Å²) in [6.07, 6.45) is 4.37. The summed E-state index contributed by atoms with van der Waals surface area (Å²) in [5.74, 6) is -4.26. The summed E-state index contributed by atoms with van der Waals surface area (Å²) < 4.78 is 47.1. The molecule has 0 saturated carbocycles. The van der Waals surface area contributed by atoms with Crippen molar-refractivity contribution in [1.29, 1.82) is 0 Å². The van der Waals surface area contributed by atoms with E-state index >= 15 is 0 Å². The number of benzene rings is 1. The molecule has 210 valence electrons. The van der Waals surface area contributed by atoms with Crippen LogP contribution >= 0.6 is 0 Å². The molecular weight excluding hydrogens is 515 g/mol. The van der Waals surface area contributed by atoms with Crippen molar-refractivity contribution in [1.82, 2.24) is 14.9 Å². The number of amides is 2. The summed E-state index contributed by atoms with van der Waals surface area (Å²) in [7, 11) is 0. The number of nitrogens with zero attached hydrogens (tertiary/aromatic N) is 5. The highest BCUT2D eigenvalue weighted by Gasteiger charge is 2.35. The zero-order chi connectivity index (χ0) is 28.3. The van der Waals surface area contributed by atoms with Crippen molar-refractivity contribution in [3.63, 3.8) is 0 Å². The monoisotopic (exact) mass is 547 g/mol. The van der Waals surface area contributed by atoms with Crippen LogP contribution in [0, 0.1) is 29.3 Å². The highest BCUT2D eigenvalue weighted by molar-refractivity contribution is 6.37. The van der Waals surface area contributed by atoms with Gasteiger partial charge in [0.2, 0.25) is 5.95 Å². The maximum atomic E-state index is 14.3. The van der Waals surface area contributed by atoms with Crippen molar-refractivity contribution >= 4 is 23.6 Å². The highest BCUT2D eigenvalue weighted by Crippen LogP contribution is 2.31. The first-order valence-corrected chi connectivity index (χ1v) is 12.8. The molecule has 39 heavy (non-hydrogen) atoms. The predicted molar refractivity (Wildman–Crippen MR) is 138 cm³/mol. The molecule has 2 fully saturated rings. The van der Waals surface area contributed by atoms with E-state index in [1.54, 1.807) is 18.7 Å². The molecule has 10 nitrogen and oxygen atoms in total. The van der Waals surface area contributed by atoms with Gasteiger partial charge in [-0.05, 0) is 30.4 Å². The molecule has 2 amide bonds. The molecule has 0 aliphatic carbocycles. The number of halogens is 3. The standard InChI is InChI=1S/C26H32F3N7O3/c1-14(2)23(31)34-24(37)25(38)35-5-3-15(4-6-35)13-39-16-9-32-26(33-10-16)36-11-18(22(30)12-36)17-7-20(28)21(29)8-19(17)27/h7-10,14-15,18,22H,3-6,11-13,30H2,1-2H3,(H2,31,34,37). The number of aliphatic imine (C=N–C) groups is 1. The number of carbonyl (C=O) groups excluding carboxylic acids is 2. The molecule has 2 aliphatic heterocycles. The number of hydrogen-bond donors (Lipinski definition) is 2. The first-order valence-electron chi connectivity index (χ1n) is 12.8. The Hall–Kier alpha value is -3.74. The molecule has 2 aromatic rings. The van der Waals surface area contributed by atoms with Gasteiger partial charge in [0.1, 0.15) is 11.7 Å². The molecule has 1 aromatic heterocycles. The van der Waals surface area contributed by atoms with Crippen LogP contribution in [0.15, 0.2) is 29.5 Å². The minimum absolute atomic E-state index is 0.0217. The molecule has 2 aliphatic rings. The Balaban J connectivity index is 1.26. The van der Waals surface area contributed by atoms with Gasteiger partial charge in [-0.15, -0.1) is 0 Å². The first-order chi connectivity index (χ1) is 18.5. The molecule has 0 spiro atoms. The lowest BCUT2D eigenvalue weighted by Crippen LogP contribution is -2.43. The van der Waals surface area contributed by atoms with E-state index < -0.39 is 41.2 Å². The number of rotatable bonds is 6. The van der Waals surface area contributed by atoms with E-state index in [4.69, 9.17) is 16.2 Å². The van der Waals surface area contributed by atoms with Gasteiger partial charge in [0, 0.05) is 50.1 Å². The van der Waals surface area contributed by atoms with Crippen LogP contribution in [0.1, 0.15) is 38.2 Å². The van der Waals surface area contributed by atoms with Gasteiger partial charge in [0.15, 0.2) is 17.4 Å². The average molecular weight is 548 g/mol. The molecular formula is C26H32F3N7O3. The van der Waals surface area contributed by atoms with Crippen LogP contribution in [0.25, 0.3) is 0 Å². The Morgan fingerprint density at radius 3 is 2.36 bits per heavy atom. The lowest BCUT2D eigenvalue weighted by molar-refractivity contribution is -0.145. The van der Waals surface area contributed by atoms with E-state index in [9.17, 15) is 22.8 Å². The van der Waals surface area contributed by atoms with Gasteiger partial charge < -0.3 is 26.0 Å². The van der Waals surface area contributed by atoms with E-state index in [0.29, 0.717) is 56.8 Å². The Bertz CT molecular complexity index is 1230. The predicted octanol–water partition coefficient (Wildman–Crippen LogP) is 1.98. The summed E-state index contributed by atoms with van der Waals surface area (Å²) in [6.45, 7) is 5.37. The summed E-state index contributed by atoms with van der Waals surface area (Å²) >= 11 is 0. The van der Waals surface area contributed by atoms with Crippen LogP contribution < -0.4 is 21.1 Å². The maximum absolute atomic E-state index is 14.3. The maximum Gasteiger partial charge on any atom is 0.336 e. The van der Waals surface area contributed by atoms with Gasteiger partial charge >= 0.3 is 11.8 Å². The molecule has 0 bridgehead atoms. The van der Waals surface area contributed by atoms with Crippen molar-refractivity contribution in [2.45, 2.75) is 38.6 Å². The SMILES string of the molecule is CC(C)C(N)=NC(=O)C(=O)N1CCC(COc2cnc(N3CC(N)C(c4cc(F)c(F)cc4F)C3)nc2)CC1. The van der Waals surface area contributed by atoms with Crippen LogP contribution in [0.2, 0.25) is 0 Å². The number of carbonyl (C=O) groups is 2. The van der Waals surface area contributed by atoms with E-state index in [1.165, 1.54) is 17.3 Å². The molecule has 1 aromatic carbocycles. The number of aromatic nitrogens is 2. The van der Waals surface area contributed by atoms with Crippen molar-refractivity contribution in [3.05, 3.63) is 47.5 Å². The number of likely N-dealkylation sites (tertiary alicyclic amines) is 1. The Morgan fingerprint density at radius 1 is 1.08 bits per heavy atom. The lowest BCUT2D eigenvalue weighted by atomic mass is 9.94. The fourth-order valence-corrected chi connectivity index (χ4v) is 4.64. The third kappa shape index (κ3) is 6.64. The van der Waals surface area contributed by atoms with Crippen LogP contribution in [0.3, 0.4) is 0 Å². The van der Waals surface area contributed by atoms with Crippen LogP contribution in [-0.2, 0) is 9.59 Å². The third-order valence-corrected chi connectivity index (χ3v) is 7.09. The number of piperidine rings is 1. The van der Waals surface area contributed by atoms with Gasteiger partial charge in [0.25, 0.3) is 0 Å². The Morgan fingerprint density at radius 2 is 1.72 bits per heavy atom. The van der Waals surface area contributed by atoms with Crippen molar-refractivity contribution in [3.8, 4) is 5.75 Å². The molecule has 2 unspecified atom stereocenters. The number of amidine groups is 1. The molecule has 4 N–H and O–H groups in total. The first kappa shape index (κ1) is 28.3. The molecule has 13 heteroatoms. The van der Waals surface area contributed by atoms with E-state index in [1.807, 2.05) is 0 Å². The van der Waals surface area contributed by atoms with Gasteiger partial charge in [-0.2, -0.15) is 4.99 Å². The average Bonchev–Trinajstić information content (AvgIpc) is 3.30.